The van der Waals surface area contributed by atoms with Crippen molar-refractivity contribution >= 4 is 0 Å². The second kappa shape index (κ2) is 8.60. The number of rotatable bonds is 7. The third kappa shape index (κ3) is 3.97. The topological polar surface area (TPSA) is 94.6 Å². The number of halogens is 1. The number of para-hydroxylation sites is 1. The lowest BCUT2D eigenvalue weighted by Crippen LogP contribution is -2.15. The first-order valence-electron chi connectivity index (χ1n) is 11.0. The number of pyridine rings is 1. The fourth-order valence-corrected chi connectivity index (χ4v) is 3.75. The van der Waals surface area contributed by atoms with Gasteiger partial charge >= 0.3 is 0 Å². The fourth-order valence-electron chi connectivity index (χ4n) is 3.75. The normalized spacial score (nSPS) is 13.3. The van der Waals surface area contributed by atoms with Crippen LogP contribution in [0.1, 0.15) is 18.4 Å². The maximum absolute atomic E-state index is 14.6. The van der Waals surface area contributed by atoms with E-state index < -0.39 is 5.82 Å². The lowest BCUT2D eigenvalue weighted by atomic mass is 10.1. The van der Waals surface area contributed by atoms with Crippen molar-refractivity contribution < 1.29 is 8.91 Å². The van der Waals surface area contributed by atoms with Gasteiger partial charge in [-0.1, -0.05) is 46.8 Å². The largest absolute Gasteiger partial charge is 0.332 e. The van der Waals surface area contributed by atoms with Crippen LogP contribution in [0.15, 0.2) is 77.6 Å². The summed E-state index contributed by atoms with van der Waals surface area (Å²) in [5.41, 5.74) is 3.93. The van der Waals surface area contributed by atoms with Gasteiger partial charge in [-0.25, -0.2) is 9.07 Å². The van der Waals surface area contributed by atoms with Gasteiger partial charge in [0.2, 0.25) is 5.82 Å². The minimum atomic E-state index is -0.420. The highest BCUT2D eigenvalue weighted by molar-refractivity contribution is 5.76. The summed E-state index contributed by atoms with van der Waals surface area (Å²) < 4.78 is 21.6. The van der Waals surface area contributed by atoms with Gasteiger partial charge in [0.25, 0.3) is 5.89 Å². The Kier molecular flexibility index (Phi) is 5.15. The summed E-state index contributed by atoms with van der Waals surface area (Å²) in [6.45, 7) is 0.844. The molecule has 1 fully saturated rings. The molecule has 3 heterocycles. The Hall–Kier alpha value is -4.24. The number of nitrogens with zero attached hydrogens (tertiary/aromatic N) is 6. The molecule has 0 atom stereocenters. The molecule has 1 aliphatic carbocycles. The summed E-state index contributed by atoms with van der Waals surface area (Å²) >= 11 is 0. The molecule has 0 bridgehead atoms. The average Bonchev–Trinajstić information content (AvgIpc) is 3.40. The van der Waals surface area contributed by atoms with E-state index in [2.05, 4.69) is 42.9 Å². The maximum Gasteiger partial charge on any atom is 0.281 e. The van der Waals surface area contributed by atoms with Gasteiger partial charge in [0.15, 0.2) is 5.69 Å². The summed E-state index contributed by atoms with van der Waals surface area (Å²) in [4.78, 5) is 8.64. The highest BCUT2D eigenvalue weighted by Crippen LogP contribution is 2.32. The van der Waals surface area contributed by atoms with Crippen molar-refractivity contribution in [2.45, 2.75) is 25.4 Å². The highest BCUT2D eigenvalue weighted by atomic mass is 19.1. The Morgan fingerprint density at radius 3 is 2.53 bits per heavy atom. The Morgan fingerprint density at radius 1 is 0.971 bits per heavy atom. The number of hydrogen-bond donors (Lipinski definition) is 1. The zero-order valence-corrected chi connectivity index (χ0v) is 18.1. The van der Waals surface area contributed by atoms with Gasteiger partial charge in [0.1, 0.15) is 17.2 Å². The molecule has 0 aliphatic heterocycles. The van der Waals surface area contributed by atoms with Crippen molar-refractivity contribution in [3.05, 3.63) is 84.4 Å². The van der Waals surface area contributed by atoms with Crippen molar-refractivity contribution in [2.75, 3.05) is 0 Å². The van der Waals surface area contributed by atoms with Crippen LogP contribution >= 0.6 is 0 Å². The van der Waals surface area contributed by atoms with Gasteiger partial charge in [-0.05, 0) is 42.7 Å². The lowest BCUT2D eigenvalue weighted by molar-refractivity contribution is 0.431. The number of aromatic nitrogens is 6. The van der Waals surface area contributed by atoms with E-state index in [1.54, 1.807) is 42.7 Å². The molecule has 168 valence electrons. The second-order valence-electron chi connectivity index (χ2n) is 8.16. The third-order valence-corrected chi connectivity index (χ3v) is 5.72. The van der Waals surface area contributed by atoms with Gasteiger partial charge in [0, 0.05) is 36.1 Å². The standard InChI is InChI=1S/C25H20FN7O/c26-20-3-1-2-4-21(20)33-23(17-11-13-27-14-12-17)22(30-32-33)25-29-24(31-34-25)18-7-5-16(6-8-18)15-28-19-9-10-19/h1-8,11-14,19,28H,9-10,15H2. The molecule has 1 aliphatic rings. The van der Waals surface area contributed by atoms with Gasteiger partial charge < -0.3 is 9.84 Å². The number of benzene rings is 2. The molecular weight excluding hydrogens is 433 g/mol. The van der Waals surface area contributed by atoms with E-state index in [4.69, 9.17) is 4.52 Å². The highest BCUT2D eigenvalue weighted by Gasteiger charge is 2.24. The van der Waals surface area contributed by atoms with E-state index in [-0.39, 0.29) is 11.6 Å². The molecule has 0 radical (unpaired) electrons. The minimum Gasteiger partial charge on any atom is -0.332 e. The van der Waals surface area contributed by atoms with E-state index in [1.807, 2.05) is 12.1 Å². The summed E-state index contributed by atoms with van der Waals surface area (Å²) in [6.07, 6.45) is 5.81. The van der Waals surface area contributed by atoms with Crippen molar-refractivity contribution in [3.8, 4) is 39.9 Å². The van der Waals surface area contributed by atoms with E-state index in [9.17, 15) is 4.39 Å². The molecule has 2 aromatic carbocycles. The predicted molar refractivity (Wildman–Crippen MR) is 123 cm³/mol. The average molecular weight is 453 g/mol. The molecule has 1 saturated carbocycles. The summed E-state index contributed by atoms with van der Waals surface area (Å²) in [7, 11) is 0. The number of hydrogen-bond acceptors (Lipinski definition) is 7. The minimum absolute atomic E-state index is 0.198. The van der Waals surface area contributed by atoms with Crippen LogP contribution in [0.3, 0.4) is 0 Å². The van der Waals surface area contributed by atoms with Crippen LogP contribution in [-0.4, -0.2) is 36.2 Å². The zero-order chi connectivity index (χ0) is 22.9. The Morgan fingerprint density at radius 2 is 1.76 bits per heavy atom. The number of nitrogens with one attached hydrogen (secondary N) is 1. The molecule has 5 aromatic rings. The van der Waals surface area contributed by atoms with Crippen molar-refractivity contribution in [1.82, 2.24) is 35.4 Å². The summed E-state index contributed by atoms with van der Waals surface area (Å²) in [5, 5.41) is 16.1. The van der Waals surface area contributed by atoms with E-state index >= 15 is 0 Å². The zero-order valence-electron chi connectivity index (χ0n) is 18.1. The van der Waals surface area contributed by atoms with Crippen LogP contribution in [0.5, 0.6) is 0 Å². The SMILES string of the molecule is Fc1ccccc1-n1nnc(-c2nc(-c3ccc(CNC4CC4)cc3)no2)c1-c1ccncc1. The van der Waals surface area contributed by atoms with Gasteiger partial charge in [-0.15, -0.1) is 5.10 Å². The van der Waals surface area contributed by atoms with Crippen LogP contribution in [-0.2, 0) is 6.54 Å². The first-order chi connectivity index (χ1) is 16.8. The molecule has 34 heavy (non-hydrogen) atoms. The Balaban J connectivity index is 1.36. The molecular formula is C25H20FN7O. The van der Waals surface area contributed by atoms with Crippen molar-refractivity contribution in [2.24, 2.45) is 0 Å². The van der Waals surface area contributed by atoms with Crippen molar-refractivity contribution in [3.63, 3.8) is 0 Å². The lowest BCUT2D eigenvalue weighted by Gasteiger charge is -2.08. The van der Waals surface area contributed by atoms with E-state index in [1.165, 1.54) is 29.2 Å². The third-order valence-electron chi connectivity index (χ3n) is 5.72. The van der Waals surface area contributed by atoms with Crippen LogP contribution in [0.25, 0.3) is 39.9 Å². The molecule has 0 unspecified atom stereocenters. The van der Waals surface area contributed by atoms with Crippen LogP contribution in [0.4, 0.5) is 4.39 Å². The predicted octanol–water partition coefficient (Wildman–Crippen LogP) is 4.44. The maximum atomic E-state index is 14.6. The monoisotopic (exact) mass is 453 g/mol. The van der Waals surface area contributed by atoms with E-state index in [0.29, 0.717) is 23.3 Å². The van der Waals surface area contributed by atoms with Gasteiger partial charge in [-0.3, -0.25) is 4.98 Å². The first kappa shape index (κ1) is 20.4. The molecule has 0 saturated heterocycles. The molecule has 9 heteroatoms. The quantitative estimate of drug-likeness (QED) is 0.389. The van der Waals surface area contributed by atoms with Crippen LogP contribution in [0, 0.1) is 5.82 Å². The summed E-state index contributed by atoms with van der Waals surface area (Å²) in [5.74, 6) is 0.221. The van der Waals surface area contributed by atoms with E-state index in [0.717, 1.165) is 17.7 Å². The Bertz CT molecular complexity index is 1430. The van der Waals surface area contributed by atoms with Crippen molar-refractivity contribution in [1.29, 1.82) is 0 Å². The molecule has 6 rings (SSSR count). The molecule has 1 N–H and O–H groups in total. The smallest absolute Gasteiger partial charge is 0.281 e. The Labute approximate surface area is 194 Å². The second-order valence-corrected chi connectivity index (χ2v) is 8.16. The van der Waals surface area contributed by atoms with Gasteiger partial charge in [-0.2, -0.15) is 4.98 Å². The fraction of sp³-hybridized carbons (Fsp3) is 0.160. The molecule has 8 nitrogen and oxygen atoms in total. The first-order valence-corrected chi connectivity index (χ1v) is 11.0. The van der Waals surface area contributed by atoms with Gasteiger partial charge in [0.05, 0.1) is 0 Å². The molecule has 0 spiro atoms. The molecule has 0 amide bonds. The molecule has 3 aromatic heterocycles. The van der Waals surface area contributed by atoms with Crippen LogP contribution < -0.4 is 5.32 Å². The van der Waals surface area contributed by atoms with Crippen LogP contribution in [0.2, 0.25) is 0 Å². The summed E-state index contributed by atoms with van der Waals surface area (Å²) in [6, 6.07) is 18.7.